The molecule has 0 amide bonds. The fourth-order valence-corrected chi connectivity index (χ4v) is 2.87. The molecule has 3 aromatic carbocycles. The van der Waals surface area contributed by atoms with Gasteiger partial charge < -0.3 is 4.90 Å². The number of anilines is 1. The van der Waals surface area contributed by atoms with E-state index in [-0.39, 0.29) is 0 Å². The summed E-state index contributed by atoms with van der Waals surface area (Å²) >= 11 is 0. The molecule has 0 saturated carbocycles. The molecule has 1 nitrogen and oxygen atoms in total. The summed E-state index contributed by atoms with van der Waals surface area (Å²) < 4.78 is 0. The van der Waals surface area contributed by atoms with Crippen LogP contribution in [-0.4, -0.2) is 0 Å². The lowest BCUT2D eigenvalue weighted by Crippen LogP contribution is -2.19. The van der Waals surface area contributed by atoms with Crippen molar-refractivity contribution in [1.82, 2.24) is 0 Å². The first-order valence-corrected chi connectivity index (χ1v) is 6.92. The van der Waals surface area contributed by atoms with Crippen LogP contribution in [0.5, 0.6) is 0 Å². The van der Waals surface area contributed by atoms with Crippen molar-refractivity contribution in [2.24, 2.45) is 0 Å². The van der Waals surface area contributed by atoms with Crippen LogP contribution in [0.4, 0.5) is 5.69 Å². The maximum atomic E-state index is 2.32. The van der Waals surface area contributed by atoms with Gasteiger partial charge in [-0.2, -0.15) is 0 Å². The predicted molar refractivity (Wildman–Crippen MR) is 85.6 cm³/mol. The van der Waals surface area contributed by atoms with Gasteiger partial charge in [0.25, 0.3) is 0 Å². The predicted octanol–water partition coefficient (Wildman–Crippen LogP) is 4.83. The zero-order chi connectivity index (χ0) is 13.4. The molecule has 0 radical (unpaired) electrons. The van der Waals surface area contributed by atoms with Crippen molar-refractivity contribution >= 4 is 22.5 Å². The molecule has 0 aromatic heterocycles. The van der Waals surface area contributed by atoms with Crippen LogP contribution < -0.4 is 4.90 Å². The Morgan fingerprint density at radius 1 is 0.750 bits per heavy atom. The second kappa shape index (κ2) is 4.53. The minimum Gasteiger partial charge on any atom is -0.343 e. The van der Waals surface area contributed by atoms with Crippen molar-refractivity contribution in [1.29, 1.82) is 0 Å². The number of rotatable bonds is 1. The van der Waals surface area contributed by atoms with Gasteiger partial charge in [-0.3, -0.25) is 0 Å². The lowest BCUT2D eigenvalue weighted by molar-refractivity contribution is 0.959. The van der Waals surface area contributed by atoms with Gasteiger partial charge >= 0.3 is 0 Å². The molecule has 0 N–H and O–H groups in total. The van der Waals surface area contributed by atoms with E-state index < -0.39 is 0 Å². The van der Waals surface area contributed by atoms with E-state index in [1.54, 1.807) is 0 Å². The van der Waals surface area contributed by atoms with E-state index >= 15 is 0 Å². The highest BCUT2D eigenvalue weighted by molar-refractivity contribution is 5.95. The first-order valence-electron chi connectivity index (χ1n) is 6.92. The number of benzene rings is 3. The lowest BCUT2D eigenvalue weighted by atomic mass is 10.0. The van der Waals surface area contributed by atoms with Gasteiger partial charge in [0.15, 0.2) is 0 Å². The smallest absolute Gasteiger partial charge is 0.0488 e. The zero-order valence-electron chi connectivity index (χ0n) is 11.2. The Balaban J connectivity index is 1.82. The summed E-state index contributed by atoms with van der Waals surface area (Å²) in [6.07, 6.45) is 4.38. The minimum atomic E-state index is 0.931. The van der Waals surface area contributed by atoms with Crippen LogP contribution >= 0.6 is 0 Å². The summed E-state index contributed by atoms with van der Waals surface area (Å²) in [5.41, 5.74) is 3.97. The van der Waals surface area contributed by atoms with E-state index in [1.807, 2.05) is 0 Å². The molecule has 1 heterocycles. The van der Waals surface area contributed by atoms with Crippen LogP contribution in [0.1, 0.15) is 11.1 Å². The molecule has 0 spiro atoms. The lowest BCUT2D eigenvalue weighted by Gasteiger charge is -2.26. The Labute approximate surface area is 118 Å². The molecule has 0 bridgehead atoms. The SMILES string of the molecule is C1=CN(c2cccc3ccccc23)Cc2ccccc21. The van der Waals surface area contributed by atoms with E-state index in [0.717, 1.165) is 6.54 Å². The maximum Gasteiger partial charge on any atom is 0.0488 e. The summed E-state index contributed by atoms with van der Waals surface area (Å²) in [6, 6.07) is 23.6. The third-order valence-corrected chi connectivity index (χ3v) is 3.91. The van der Waals surface area contributed by atoms with Crippen LogP contribution in [0.15, 0.2) is 72.9 Å². The van der Waals surface area contributed by atoms with Crippen molar-refractivity contribution in [2.75, 3.05) is 4.90 Å². The van der Waals surface area contributed by atoms with Crippen LogP contribution in [0.3, 0.4) is 0 Å². The van der Waals surface area contributed by atoms with Crippen molar-refractivity contribution < 1.29 is 0 Å². The third-order valence-electron chi connectivity index (χ3n) is 3.91. The Bertz CT molecular complexity index is 796. The first kappa shape index (κ1) is 11.3. The number of nitrogens with zero attached hydrogens (tertiary/aromatic N) is 1. The van der Waals surface area contributed by atoms with Gasteiger partial charge in [0.05, 0.1) is 0 Å². The summed E-state index contributed by atoms with van der Waals surface area (Å²) in [5.74, 6) is 0. The topological polar surface area (TPSA) is 3.24 Å². The van der Waals surface area contributed by atoms with Crippen molar-refractivity contribution in [3.05, 3.63) is 84.1 Å². The molecule has 0 fully saturated rings. The van der Waals surface area contributed by atoms with Gasteiger partial charge in [0.1, 0.15) is 0 Å². The monoisotopic (exact) mass is 257 g/mol. The average molecular weight is 257 g/mol. The van der Waals surface area contributed by atoms with Gasteiger partial charge in [-0.15, -0.1) is 0 Å². The molecule has 0 saturated heterocycles. The average Bonchev–Trinajstić information content (AvgIpc) is 2.54. The summed E-state index contributed by atoms with van der Waals surface area (Å²) in [4.78, 5) is 2.32. The van der Waals surface area contributed by atoms with Gasteiger partial charge in [0, 0.05) is 23.8 Å². The fraction of sp³-hybridized carbons (Fsp3) is 0.0526. The summed E-state index contributed by atoms with van der Waals surface area (Å²) in [6.45, 7) is 0.931. The van der Waals surface area contributed by atoms with E-state index in [9.17, 15) is 0 Å². The molecule has 1 heteroatoms. The molecule has 0 atom stereocenters. The maximum absolute atomic E-state index is 2.32. The molecule has 3 aromatic rings. The Kier molecular flexibility index (Phi) is 2.56. The standard InChI is InChI=1S/C19H15N/c1-2-8-17-14-20(13-12-15(17)6-1)19-11-5-9-16-7-3-4-10-18(16)19/h1-13H,14H2. The largest absolute Gasteiger partial charge is 0.343 e. The number of fused-ring (bicyclic) bond motifs is 2. The summed E-state index contributed by atoms with van der Waals surface area (Å²) in [7, 11) is 0. The zero-order valence-corrected chi connectivity index (χ0v) is 11.2. The molecule has 0 unspecified atom stereocenters. The summed E-state index contributed by atoms with van der Waals surface area (Å²) in [5, 5.41) is 2.59. The minimum absolute atomic E-state index is 0.931. The Morgan fingerprint density at radius 3 is 2.55 bits per heavy atom. The second-order valence-corrected chi connectivity index (χ2v) is 5.14. The van der Waals surface area contributed by atoms with Gasteiger partial charge in [0.2, 0.25) is 0 Å². The van der Waals surface area contributed by atoms with Crippen LogP contribution in [0.2, 0.25) is 0 Å². The van der Waals surface area contributed by atoms with Gasteiger partial charge in [-0.25, -0.2) is 0 Å². The van der Waals surface area contributed by atoms with E-state index in [4.69, 9.17) is 0 Å². The van der Waals surface area contributed by atoms with Crippen molar-refractivity contribution in [2.45, 2.75) is 6.54 Å². The third kappa shape index (κ3) is 1.79. The highest BCUT2D eigenvalue weighted by atomic mass is 15.1. The van der Waals surface area contributed by atoms with Gasteiger partial charge in [-0.1, -0.05) is 60.7 Å². The molecular formula is C19H15N. The molecule has 20 heavy (non-hydrogen) atoms. The number of hydrogen-bond donors (Lipinski definition) is 0. The highest BCUT2D eigenvalue weighted by Crippen LogP contribution is 2.31. The first-order chi connectivity index (χ1) is 9.92. The fourth-order valence-electron chi connectivity index (χ4n) is 2.87. The molecule has 1 aliphatic rings. The second-order valence-electron chi connectivity index (χ2n) is 5.14. The Morgan fingerprint density at radius 2 is 1.55 bits per heavy atom. The highest BCUT2D eigenvalue weighted by Gasteiger charge is 2.13. The van der Waals surface area contributed by atoms with Crippen molar-refractivity contribution in [3.63, 3.8) is 0 Å². The van der Waals surface area contributed by atoms with Crippen LogP contribution in [0, 0.1) is 0 Å². The quantitative estimate of drug-likeness (QED) is 0.603. The van der Waals surface area contributed by atoms with E-state index in [0.29, 0.717) is 0 Å². The van der Waals surface area contributed by atoms with Crippen LogP contribution in [0.25, 0.3) is 16.8 Å². The molecular weight excluding hydrogens is 242 g/mol. The van der Waals surface area contributed by atoms with E-state index in [1.165, 1.54) is 27.6 Å². The molecule has 0 aliphatic carbocycles. The molecule has 4 rings (SSSR count). The van der Waals surface area contributed by atoms with E-state index in [2.05, 4.69) is 83.9 Å². The molecule has 96 valence electrons. The van der Waals surface area contributed by atoms with Crippen LogP contribution in [-0.2, 0) is 6.54 Å². The van der Waals surface area contributed by atoms with Gasteiger partial charge in [-0.05, 0) is 28.7 Å². The van der Waals surface area contributed by atoms with Crippen molar-refractivity contribution in [3.8, 4) is 0 Å². The Hall–Kier alpha value is -2.54. The molecule has 1 aliphatic heterocycles. The number of hydrogen-bond acceptors (Lipinski definition) is 1. The normalized spacial score (nSPS) is 13.5.